The Morgan fingerprint density at radius 1 is 1.05 bits per heavy atom. The third-order valence-electron chi connectivity index (χ3n) is 3.40. The Balaban J connectivity index is 2.25. The lowest BCUT2D eigenvalue weighted by Gasteiger charge is -2.06. The van der Waals surface area contributed by atoms with Crippen LogP contribution in [0.2, 0.25) is 0 Å². The number of hydrogen-bond acceptors (Lipinski definition) is 3. The van der Waals surface area contributed by atoms with Gasteiger partial charge in [-0.3, -0.25) is 4.79 Å². The second kappa shape index (κ2) is 4.85. The minimum atomic E-state index is -0.401. The Hall–Kier alpha value is -2.55. The average Bonchev–Trinajstić information content (AvgIpc) is 2.51. The molecule has 0 saturated heterocycles. The maximum atomic E-state index is 12.1. The quantitative estimate of drug-likeness (QED) is 0.769. The van der Waals surface area contributed by atoms with Crippen molar-refractivity contribution in [2.45, 2.75) is 13.3 Å². The van der Waals surface area contributed by atoms with Crippen molar-refractivity contribution in [3.05, 3.63) is 64.3 Å². The Labute approximate surface area is 116 Å². The first-order valence-corrected chi connectivity index (χ1v) is 6.55. The maximum Gasteiger partial charge on any atom is 0.235 e. The van der Waals surface area contributed by atoms with Gasteiger partial charge in [-0.2, -0.15) is 0 Å². The Kier molecular flexibility index (Phi) is 3.03. The van der Waals surface area contributed by atoms with Crippen molar-refractivity contribution in [1.29, 1.82) is 0 Å². The van der Waals surface area contributed by atoms with Crippen LogP contribution in [-0.4, -0.2) is 5.11 Å². The Morgan fingerprint density at radius 3 is 2.45 bits per heavy atom. The third kappa shape index (κ3) is 1.97. The van der Waals surface area contributed by atoms with Crippen LogP contribution in [0.1, 0.15) is 12.5 Å². The molecule has 100 valence electrons. The van der Waals surface area contributed by atoms with Gasteiger partial charge in [0.05, 0.1) is 5.39 Å². The molecule has 0 amide bonds. The van der Waals surface area contributed by atoms with Gasteiger partial charge in [0.15, 0.2) is 5.76 Å². The van der Waals surface area contributed by atoms with E-state index >= 15 is 0 Å². The zero-order chi connectivity index (χ0) is 14.1. The molecule has 1 aromatic heterocycles. The molecular weight excluding hydrogens is 252 g/mol. The summed E-state index contributed by atoms with van der Waals surface area (Å²) < 4.78 is 5.68. The third-order valence-corrected chi connectivity index (χ3v) is 3.40. The van der Waals surface area contributed by atoms with Crippen LogP contribution >= 0.6 is 0 Å². The highest BCUT2D eigenvalue weighted by atomic mass is 16.4. The molecule has 0 bridgehead atoms. The molecule has 1 heterocycles. The molecule has 0 spiro atoms. The van der Waals surface area contributed by atoms with E-state index in [2.05, 4.69) is 6.92 Å². The molecule has 3 aromatic rings. The number of fused-ring (bicyclic) bond motifs is 1. The van der Waals surface area contributed by atoms with E-state index in [0.29, 0.717) is 16.5 Å². The molecule has 0 atom stereocenters. The SMILES string of the molecule is CCc1ccc(-c2oc3ccccc3c(=O)c2O)cc1. The fourth-order valence-corrected chi connectivity index (χ4v) is 2.22. The largest absolute Gasteiger partial charge is 0.502 e. The molecule has 20 heavy (non-hydrogen) atoms. The van der Waals surface area contributed by atoms with Crippen molar-refractivity contribution in [1.82, 2.24) is 0 Å². The molecule has 2 aromatic carbocycles. The van der Waals surface area contributed by atoms with Gasteiger partial charge in [0.25, 0.3) is 0 Å². The van der Waals surface area contributed by atoms with Crippen LogP contribution in [0.4, 0.5) is 0 Å². The van der Waals surface area contributed by atoms with Crippen LogP contribution in [0.3, 0.4) is 0 Å². The van der Waals surface area contributed by atoms with Crippen molar-refractivity contribution >= 4 is 11.0 Å². The second-order valence-corrected chi connectivity index (χ2v) is 4.66. The monoisotopic (exact) mass is 266 g/mol. The summed E-state index contributed by atoms with van der Waals surface area (Å²) in [6, 6.07) is 14.5. The van der Waals surface area contributed by atoms with Crippen molar-refractivity contribution < 1.29 is 9.52 Å². The van der Waals surface area contributed by atoms with Gasteiger partial charge in [-0.15, -0.1) is 0 Å². The van der Waals surface area contributed by atoms with E-state index in [-0.39, 0.29) is 11.5 Å². The van der Waals surface area contributed by atoms with Gasteiger partial charge in [-0.1, -0.05) is 43.3 Å². The zero-order valence-electron chi connectivity index (χ0n) is 11.1. The van der Waals surface area contributed by atoms with Crippen LogP contribution in [0.25, 0.3) is 22.3 Å². The van der Waals surface area contributed by atoms with E-state index in [1.54, 1.807) is 24.3 Å². The smallest absolute Gasteiger partial charge is 0.235 e. The van der Waals surface area contributed by atoms with E-state index < -0.39 is 5.43 Å². The van der Waals surface area contributed by atoms with Gasteiger partial charge in [-0.25, -0.2) is 0 Å². The summed E-state index contributed by atoms with van der Waals surface area (Å²) in [7, 11) is 0. The number of para-hydroxylation sites is 1. The molecule has 0 saturated carbocycles. The molecular formula is C17H14O3. The number of rotatable bonds is 2. The molecule has 1 N–H and O–H groups in total. The van der Waals surface area contributed by atoms with Gasteiger partial charge < -0.3 is 9.52 Å². The van der Waals surface area contributed by atoms with E-state index in [9.17, 15) is 9.90 Å². The molecule has 0 unspecified atom stereocenters. The molecule has 0 aliphatic heterocycles. The summed E-state index contributed by atoms with van der Waals surface area (Å²) in [6.45, 7) is 2.07. The number of hydrogen-bond donors (Lipinski definition) is 1. The summed E-state index contributed by atoms with van der Waals surface area (Å²) in [6.07, 6.45) is 0.938. The van der Waals surface area contributed by atoms with Crippen molar-refractivity contribution in [2.24, 2.45) is 0 Å². The molecule has 0 aliphatic rings. The molecule has 3 heteroatoms. The van der Waals surface area contributed by atoms with Crippen molar-refractivity contribution in [3.63, 3.8) is 0 Å². The van der Waals surface area contributed by atoms with Crippen LogP contribution in [0.5, 0.6) is 5.75 Å². The first kappa shape index (κ1) is 12.5. The lowest BCUT2D eigenvalue weighted by molar-refractivity contribution is 0.449. The van der Waals surface area contributed by atoms with Gasteiger partial charge in [0, 0.05) is 5.56 Å². The van der Waals surface area contributed by atoms with E-state index in [1.807, 2.05) is 24.3 Å². The highest BCUT2D eigenvalue weighted by Crippen LogP contribution is 2.29. The predicted molar refractivity (Wildman–Crippen MR) is 79.0 cm³/mol. The van der Waals surface area contributed by atoms with Crippen LogP contribution in [0.15, 0.2) is 57.7 Å². The summed E-state index contributed by atoms with van der Waals surface area (Å²) in [5.41, 5.74) is 1.96. The van der Waals surface area contributed by atoms with Gasteiger partial charge >= 0.3 is 0 Å². The summed E-state index contributed by atoms with van der Waals surface area (Å²) >= 11 is 0. The number of benzene rings is 2. The molecule has 0 fully saturated rings. The molecule has 3 nitrogen and oxygen atoms in total. The van der Waals surface area contributed by atoms with E-state index in [4.69, 9.17) is 4.42 Å². The highest BCUT2D eigenvalue weighted by Gasteiger charge is 2.14. The topological polar surface area (TPSA) is 50.4 Å². The van der Waals surface area contributed by atoms with Crippen molar-refractivity contribution in [3.8, 4) is 17.1 Å². The van der Waals surface area contributed by atoms with Crippen LogP contribution in [-0.2, 0) is 6.42 Å². The molecule has 0 aliphatic carbocycles. The fraction of sp³-hybridized carbons (Fsp3) is 0.118. The standard InChI is InChI=1S/C17H14O3/c1-2-11-7-9-12(10-8-11)17-16(19)15(18)13-5-3-4-6-14(13)20-17/h3-10,19H,2H2,1H3. The lowest BCUT2D eigenvalue weighted by Crippen LogP contribution is -2.02. The van der Waals surface area contributed by atoms with Gasteiger partial charge in [-0.05, 0) is 24.1 Å². The molecule has 3 rings (SSSR count). The van der Waals surface area contributed by atoms with Gasteiger partial charge in [0.2, 0.25) is 11.2 Å². The van der Waals surface area contributed by atoms with E-state index in [0.717, 1.165) is 6.42 Å². The second-order valence-electron chi connectivity index (χ2n) is 4.66. The van der Waals surface area contributed by atoms with Gasteiger partial charge in [0.1, 0.15) is 5.58 Å². The Bertz CT molecular complexity index is 814. The number of aromatic hydroxyl groups is 1. The average molecular weight is 266 g/mol. The number of aryl methyl sites for hydroxylation is 1. The summed E-state index contributed by atoms with van der Waals surface area (Å²) in [5, 5.41) is 10.5. The van der Waals surface area contributed by atoms with Crippen molar-refractivity contribution in [2.75, 3.05) is 0 Å². The minimum Gasteiger partial charge on any atom is -0.502 e. The van der Waals surface area contributed by atoms with Crippen LogP contribution in [0, 0.1) is 0 Å². The fourth-order valence-electron chi connectivity index (χ4n) is 2.22. The Morgan fingerprint density at radius 2 is 1.75 bits per heavy atom. The van der Waals surface area contributed by atoms with E-state index in [1.165, 1.54) is 5.56 Å². The first-order valence-electron chi connectivity index (χ1n) is 6.55. The first-order chi connectivity index (χ1) is 9.70. The zero-order valence-corrected chi connectivity index (χ0v) is 11.1. The summed E-state index contributed by atoms with van der Waals surface area (Å²) in [4.78, 5) is 12.1. The normalized spacial score (nSPS) is 10.8. The summed E-state index contributed by atoms with van der Waals surface area (Å²) in [5.74, 6) is -0.121. The van der Waals surface area contributed by atoms with Crippen LogP contribution < -0.4 is 5.43 Å². The predicted octanol–water partition coefficient (Wildman–Crippen LogP) is 3.73. The molecule has 0 radical (unpaired) electrons. The minimum absolute atomic E-state index is 0.219. The highest BCUT2D eigenvalue weighted by molar-refractivity contribution is 5.81. The maximum absolute atomic E-state index is 12.1. The lowest BCUT2D eigenvalue weighted by atomic mass is 10.1.